The van der Waals surface area contributed by atoms with E-state index in [1.165, 1.54) is 11.8 Å². The van der Waals surface area contributed by atoms with Gasteiger partial charge < -0.3 is 5.11 Å². The monoisotopic (exact) mass is 412 g/mol. The standard InChI is InChI=1S/C22H24N2O2S2/c1-3-23(4-2)22(27)28-20-19(25)15-18(16-11-7-5-8-12-16)24(21(20)26)17-13-9-6-10-14-17/h5-15,22,25,27H,3-4H2,1-2H3/t22-/m1/s1. The summed E-state index contributed by atoms with van der Waals surface area (Å²) >= 11 is 5.91. The smallest absolute Gasteiger partial charge is 0.273 e. The van der Waals surface area contributed by atoms with Gasteiger partial charge in [0.2, 0.25) is 0 Å². The molecule has 1 aromatic heterocycles. The van der Waals surface area contributed by atoms with E-state index >= 15 is 0 Å². The van der Waals surface area contributed by atoms with Gasteiger partial charge in [-0.2, -0.15) is 0 Å². The quantitative estimate of drug-likeness (QED) is 0.331. The first-order valence-corrected chi connectivity index (χ1v) is 10.6. The lowest BCUT2D eigenvalue weighted by atomic mass is 10.1. The van der Waals surface area contributed by atoms with Crippen molar-refractivity contribution in [3.63, 3.8) is 0 Å². The van der Waals surface area contributed by atoms with Crippen LogP contribution in [0.5, 0.6) is 5.75 Å². The molecule has 146 valence electrons. The third-order valence-electron chi connectivity index (χ3n) is 4.58. The number of para-hydroxylation sites is 1. The summed E-state index contributed by atoms with van der Waals surface area (Å²) < 4.78 is 1.43. The highest BCUT2D eigenvalue weighted by Gasteiger charge is 2.21. The summed E-state index contributed by atoms with van der Waals surface area (Å²) in [5.41, 5.74) is 2.02. The van der Waals surface area contributed by atoms with E-state index in [0.29, 0.717) is 10.6 Å². The maximum Gasteiger partial charge on any atom is 0.273 e. The number of aromatic nitrogens is 1. The predicted octanol–water partition coefficient (Wildman–Crippen LogP) is 4.86. The van der Waals surface area contributed by atoms with Crippen LogP contribution in [0.1, 0.15) is 13.8 Å². The molecular formula is C22H24N2O2S2. The second kappa shape index (κ2) is 9.37. The fraction of sp³-hybridized carbons (Fsp3) is 0.227. The Labute approximate surface area is 175 Å². The summed E-state index contributed by atoms with van der Waals surface area (Å²) in [4.78, 5) is 15.9. The van der Waals surface area contributed by atoms with Gasteiger partial charge in [-0.1, -0.05) is 74.1 Å². The van der Waals surface area contributed by atoms with E-state index in [0.717, 1.165) is 24.3 Å². The summed E-state index contributed by atoms with van der Waals surface area (Å²) in [5.74, 6) is -0.0211. The second-order valence-corrected chi connectivity index (χ2v) is 8.18. The summed E-state index contributed by atoms with van der Waals surface area (Å²) in [6.07, 6.45) is 0. The van der Waals surface area contributed by atoms with Crippen LogP contribution in [0.4, 0.5) is 0 Å². The first-order valence-electron chi connectivity index (χ1n) is 9.25. The number of nitrogens with zero attached hydrogens (tertiary/aromatic N) is 2. The van der Waals surface area contributed by atoms with E-state index in [-0.39, 0.29) is 16.0 Å². The summed E-state index contributed by atoms with van der Waals surface area (Å²) in [7, 11) is 0. The molecule has 3 rings (SSSR count). The van der Waals surface area contributed by atoms with Gasteiger partial charge in [0, 0.05) is 11.8 Å². The van der Waals surface area contributed by atoms with Gasteiger partial charge in [-0.15, -0.1) is 12.6 Å². The van der Waals surface area contributed by atoms with E-state index in [2.05, 4.69) is 17.5 Å². The lowest BCUT2D eigenvalue weighted by Crippen LogP contribution is -2.30. The summed E-state index contributed by atoms with van der Waals surface area (Å²) in [6.45, 7) is 5.72. The number of hydrogen-bond acceptors (Lipinski definition) is 5. The van der Waals surface area contributed by atoms with Crippen LogP contribution in [0.15, 0.2) is 76.4 Å². The Hall–Kier alpha value is -2.15. The minimum Gasteiger partial charge on any atom is -0.506 e. The molecule has 0 fully saturated rings. The second-order valence-electron chi connectivity index (χ2n) is 6.25. The summed E-state index contributed by atoms with van der Waals surface area (Å²) in [6, 6.07) is 20.8. The first kappa shape index (κ1) is 20.6. The number of hydrogen-bond donors (Lipinski definition) is 2. The Morgan fingerprint density at radius 2 is 1.61 bits per heavy atom. The molecule has 0 unspecified atom stereocenters. The molecule has 0 radical (unpaired) electrons. The van der Waals surface area contributed by atoms with Crippen LogP contribution >= 0.6 is 24.4 Å². The molecule has 0 bridgehead atoms. The summed E-state index contributed by atoms with van der Waals surface area (Å²) in [5, 5.41) is 10.7. The topological polar surface area (TPSA) is 45.5 Å². The SMILES string of the molecule is CCN(CC)[C@H](S)Sc1c(O)cc(-c2ccccc2)n(-c2ccccc2)c1=O. The van der Waals surface area contributed by atoms with Crippen molar-refractivity contribution in [3.05, 3.63) is 77.1 Å². The van der Waals surface area contributed by atoms with Crippen LogP contribution in [0.3, 0.4) is 0 Å². The minimum atomic E-state index is -0.249. The molecule has 1 heterocycles. The highest BCUT2D eigenvalue weighted by Crippen LogP contribution is 2.35. The maximum atomic E-state index is 13.4. The van der Waals surface area contributed by atoms with Crippen molar-refractivity contribution in [1.82, 2.24) is 9.47 Å². The van der Waals surface area contributed by atoms with E-state index in [1.54, 1.807) is 10.6 Å². The molecule has 1 N–H and O–H groups in total. The molecule has 6 heteroatoms. The van der Waals surface area contributed by atoms with Crippen molar-refractivity contribution in [2.45, 2.75) is 23.4 Å². The Morgan fingerprint density at radius 3 is 2.18 bits per heavy atom. The average molecular weight is 413 g/mol. The third kappa shape index (κ3) is 4.29. The van der Waals surface area contributed by atoms with Crippen molar-refractivity contribution in [2.24, 2.45) is 0 Å². The van der Waals surface area contributed by atoms with Crippen molar-refractivity contribution in [3.8, 4) is 22.7 Å². The molecule has 2 aromatic carbocycles. The maximum absolute atomic E-state index is 13.4. The van der Waals surface area contributed by atoms with Crippen molar-refractivity contribution < 1.29 is 5.11 Å². The van der Waals surface area contributed by atoms with Crippen LogP contribution in [0.2, 0.25) is 0 Å². The lowest BCUT2D eigenvalue weighted by Gasteiger charge is -2.25. The number of pyridine rings is 1. The molecule has 3 aromatic rings. The van der Waals surface area contributed by atoms with Gasteiger partial charge in [-0.3, -0.25) is 14.3 Å². The van der Waals surface area contributed by atoms with E-state index < -0.39 is 0 Å². The minimum absolute atomic E-state index is 0.0211. The lowest BCUT2D eigenvalue weighted by molar-refractivity contribution is 0.340. The van der Waals surface area contributed by atoms with Gasteiger partial charge in [0.25, 0.3) is 5.56 Å². The molecule has 0 aliphatic rings. The van der Waals surface area contributed by atoms with Crippen LogP contribution < -0.4 is 5.56 Å². The first-order chi connectivity index (χ1) is 13.6. The van der Waals surface area contributed by atoms with Crippen LogP contribution in [0, 0.1) is 0 Å². The molecule has 1 atom stereocenters. The van der Waals surface area contributed by atoms with E-state index in [1.807, 2.05) is 74.5 Å². The predicted molar refractivity (Wildman–Crippen MR) is 121 cm³/mol. The molecule has 0 aliphatic carbocycles. The Morgan fingerprint density at radius 1 is 1.04 bits per heavy atom. The molecular weight excluding hydrogens is 388 g/mol. The van der Waals surface area contributed by atoms with Crippen molar-refractivity contribution in [1.29, 1.82) is 0 Å². The zero-order chi connectivity index (χ0) is 20.1. The largest absolute Gasteiger partial charge is 0.506 e. The van der Waals surface area contributed by atoms with Crippen molar-refractivity contribution in [2.75, 3.05) is 13.1 Å². The van der Waals surface area contributed by atoms with Gasteiger partial charge >= 0.3 is 0 Å². The highest BCUT2D eigenvalue weighted by atomic mass is 32.2. The van der Waals surface area contributed by atoms with E-state index in [9.17, 15) is 9.90 Å². The van der Waals surface area contributed by atoms with Gasteiger partial charge in [0.1, 0.15) is 15.4 Å². The number of thioether (sulfide) groups is 1. The third-order valence-corrected chi connectivity index (χ3v) is 6.35. The molecule has 0 aliphatic heterocycles. The molecule has 0 amide bonds. The van der Waals surface area contributed by atoms with Gasteiger partial charge in [-0.25, -0.2) is 0 Å². The zero-order valence-electron chi connectivity index (χ0n) is 15.9. The van der Waals surface area contributed by atoms with Gasteiger partial charge in [-0.05, 0) is 30.8 Å². The Kier molecular flexibility index (Phi) is 6.88. The van der Waals surface area contributed by atoms with E-state index in [4.69, 9.17) is 0 Å². The number of thiol groups is 1. The number of rotatable bonds is 7. The zero-order valence-corrected chi connectivity index (χ0v) is 17.7. The Balaban J connectivity index is 2.18. The highest BCUT2D eigenvalue weighted by molar-refractivity contribution is 8.10. The molecule has 0 saturated heterocycles. The normalized spacial score (nSPS) is 12.3. The molecule has 0 saturated carbocycles. The van der Waals surface area contributed by atoms with Gasteiger partial charge in [0.05, 0.1) is 5.69 Å². The fourth-order valence-corrected chi connectivity index (χ4v) is 4.73. The average Bonchev–Trinajstić information content (AvgIpc) is 2.73. The van der Waals surface area contributed by atoms with Crippen LogP contribution in [-0.4, -0.2) is 32.4 Å². The van der Waals surface area contributed by atoms with Gasteiger partial charge in [0.15, 0.2) is 0 Å². The molecule has 0 spiro atoms. The fourth-order valence-electron chi connectivity index (χ4n) is 3.06. The Bertz CT molecular complexity index is 971. The number of aromatic hydroxyl groups is 1. The van der Waals surface area contributed by atoms with Crippen LogP contribution in [0.25, 0.3) is 16.9 Å². The number of benzene rings is 2. The molecule has 28 heavy (non-hydrogen) atoms. The van der Waals surface area contributed by atoms with Crippen LogP contribution in [-0.2, 0) is 0 Å². The molecule has 4 nitrogen and oxygen atoms in total. The van der Waals surface area contributed by atoms with Crippen molar-refractivity contribution >= 4 is 24.4 Å².